The Kier molecular flexibility index (Phi) is 11.7. The summed E-state index contributed by atoms with van der Waals surface area (Å²) in [6, 6.07) is 30.4. The van der Waals surface area contributed by atoms with Crippen molar-refractivity contribution in [1.82, 2.24) is 19.8 Å². The summed E-state index contributed by atoms with van der Waals surface area (Å²) in [5.74, 6) is 3.90. The molecule has 12 heteroatoms. The molecule has 4 aromatic carbocycles. The molecule has 0 N–H and O–H groups in total. The van der Waals surface area contributed by atoms with Crippen molar-refractivity contribution in [3.63, 3.8) is 0 Å². The first-order valence-electron chi connectivity index (χ1n) is 23.6. The van der Waals surface area contributed by atoms with Crippen LogP contribution in [-0.4, -0.2) is 97.4 Å². The van der Waals surface area contributed by atoms with E-state index in [1.165, 1.54) is 0 Å². The van der Waals surface area contributed by atoms with Crippen LogP contribution in [0.4, 0.5) is 0 Å². The Morgan fingerprint density at radius 2 is 0.970 bits per heavy atom. The van der Waals surface area contributed by atoms with Gasteiger partial charge in [0.05, 0.1) is 61.7 Å². The van der Waals surface area contributed by atoms with Crippen molar-refractivity contribution < 1.29 is 38.0 Å². The van der Waals surface area contributed by atoms with Gasteiger partial charge >= 0.3 is 11.9 Å². The summed E-state index contributed by atoms with van der Waals surface area (Å²) in [4.78, 5) is 42.7. The van der Waals surface area contributed by atoms with Crippen LogP contribution in [-0.2, 0) is 9.47 Å². The molecular weight excluding hydrogens is 833 g/mol. The van der Waals surface area contributed by atoms with Gasteiger partial charge in [-0.25, -0.2) is 9.59 Å². The maximum absolute atomic E-state index is 14.2. The van der Waals surface area contributed by atoms with Crippen molar-refractivity contribution in [2.75, 3.05) is 53.6 Å². The monoisotopic (exact) mass is 888 g/mol. The number of hydrogen-bond donors (Lipinski definition) is 0. The van der Waals surface area contributed by atoms with E-state index in [4.69, 9.17) is 28.4 Å². The Labute approximate surface area is 385 Å². The number of aromatic nitrogens is 2. The number of pyridine rings is 2. The van der Waals surface area contributed by atoms with Crippen LogP contribution >= 0.6 is 0 Å². The minimum atomic E-state index is -0.521. The van der Waals surface area contributed by atoms with Gasteiger partial charge in [-0.15, -0.1) is 0 Å². The highest BCUT2D eigenvalue weighted by Crippen LogP contribution is 2.47. The van der Waals surface area contributed by atoms with E-state index in [1.54, 1.807) is 14.2 Å². The fraction of sp³-hybridized carbons (Fsp3) is 0.407. The van der Waals surface area contributed by atoms with Crippen molar-refractivity contribution in [3.8, 4) is 23.0 Å². The third kappa shape index (κ3) is 8.30. The van der Waals surface area contributed by atoms with E-state index in [0.29, 0.717) is 59.5 Å². The van der Waals surface area contributed by atoms with Crippen LogP contribution in [0.25, 0.3) is 21.8 Å². The van der Waals surface area contributed by atoms with E-state index in [-0.39, 0.29) is 24.0 Å². The Morgan fingerprint density at radius 1 is 0.530 bits per heavy atom. The molecular formula is C54H56N4O8. The predicted molar refractivity (Wildman–Crippen MR) is 249 cm³/mol. The summed E-state index contributed by atoms with van der Waals surface area (Å²) in [7, 11) is 3.32. The van der Waals surface area contributed by atoms with Gasteiger partial charge in [-0.05, 0) is 172 Å². The smallest absolute Gasteiger partial charge is 0.338 e. The maximum Gasteiger partial charge on any atom is 0.338 e. The third-order valence-corrected chi connectivity index (χ3v) is 15.3. The van der Waals surface area contributed by atoms with Crippen molar-refractivity contribution in [2.24, 2.45) is 23.7 Å². The molecule has 0 radical (unpaired) electrons. The van der Waals surface area contributed by atoms with Gasteiger partial charge in [0, 0.05) is 47.4 Å². The summed E-state index contributed by atoms with van der Waals surface area (Å²) >= 11 is 0. The number of methoxy groups -OCH3 is 2. The molecule has 16 aliphatic heterocycles. The Bertz CT molecular complexity index is 2540. The lowest BCUT2D eigenvalue weighted by molar-refractivity contribution is -0.0684. The van der Waals surface area contributed by atoms with E-state index >= 15 is 0 Å². The molecule has 6 aromatic rings. The molecule has 16 aliphatic rings. The molecule has 3 unspecified atom stereocenters. The van der Waals surface area contributed by atoms with Gasteiger partial charge < -0.3 is 28.4 Å². The summed E-state index contributed by atoms with van der Waals surface area (Å²) in [6.45, 7) is 4.74. The third-order valence-electron chi connectivity index (χ3n) is 15.3. The van der Waals surface area contributed by atoms with E-state index in [2.05, 4.69) is 19.8 Å². The second kappa shape index (κ2) is 18.2. The normalized spacial score (nSPS) is 28.9. The molecule has 66 heavy (non-hydrogen) atoms. The molecule has 18 heterocycles. The number of carbonyl (C=O) groups is 2. The van der Waals surface area contributed by atoms with Crippen molar-refractivity contribution >= 4 is 33.7 Å². The van der Waals surface area contributed by atoms with Crippen LogP contribution < -0.4 is 18.9 Å². The Morgan fingerprint density at radius 3 is 1.36 bits per heavy atom. The summed E-state index contributed by atoms with van der Waals surface area (Å²) in [5, 5.41) is 1.83. The van der Waals surface area contributed by atoms with Crippen LogP contribution in [0.15, 0.2) is 109 Å². The lowest BCUT2D eigenvalue weighted by Crippen LogP contribution is -2.56. The maximum atomic E-state index is 14.2. The Hall–Kier alpha value is -6.24. The molecule has 12 bridgehead atoms. The molecule has 10 atom stereocenters. The zero-order valence-electron chi connectivity index (χ0n) is 37.6. The molecule has 2 aromatic heterocycles. The zero-order valence-corrected chi connectivity index (χ0v) is 37.6. The molecule has 22 rings (SSSR count). The number of ether oxygens (including phenoxy) is 6. The van der Waals surface area contributed by atoms with Crippen molar-refractivity contribution in [1.29, 1.82) is 0 Å². The van der Waals surface area contributed by atoms with E-state index in [0.717, 1.165) is 109 Å². The quantitative estimate of drug-likeness (QED) is 0.157. The van der Waals surface area contributed by atoms with E-state index in [1.807, 2.05) is 109 Å². The van der Waals surface area contributed by atoms with Gasteiger partial charge in [0.25, 0.3) is 0 Å². The topological polar surface area (TPSA) is 122 Å². The number of esters is 2. The Balaban J connectivity index is 0.887. The molecule has 12 nitrogen and oxygen atoms in total. The average Bonchev–Trinajstić information content (AvgIpc) is 3.37. The molecule has 0 saturated carbocycles. The summed E-state index contributed by atoms with van der Waals surface area (Å²) < 4.78 is 37.3. The number of carbonyl (C=O) groups excluding carboxylic acids is 2. The molecule has 0 aliphatic carbocycles. The van der Waals surface area contributed by atoms with Crippen LogP contribution in [0.5, 0.6) is 23.0 Å². The standard InChI is InChI=1S/C54H56N4O8/c1-61-41-11-13-47-45(29-41)43(15-21-55-47)51-49-27-35-17-23-57(49)31-37(35)19-25-63-40-9-5-34(6-10-40)54(60)66-52(44-16-22-56-48-14-12-42(62-2)30-46(44)48)50-28-36-18-24-58(50)32-38(36)20-26-64-39-7-3-33(4-8-39)53(59)65-51/h3-16,21-22,29-30,35-38,49-52H,17-20,23-28,31-32H2,1-2H3/t35-,36-,37-,38?,49+,50+,51-,52-/m0/s1. The molecule has 340 valence electrons. The van der Waals surface area contributed by atoms with Crippen LogP contribution in [0.2, 0.25) is 0 Å². The molecule has 6 saturated heterocycles. The van der Waals surface area contributed by atoms with Crippen LogP contribution in [0, 0.1) is 23.7 Å². The van der Waals surface area contributed by atoms with Gasteiger partial charge in [0.15, 0.2) is 0 Å². The predicted octanol–water partition coefficient (Wildman–Crippen LogP) is 9.27. The summed E-state index contributed by atoms with van der Waals surface area (Å²) in [5.41, 5.74) is 4.47. The minimum absolute atomic E-state index is 0.00946. The molecule has 0 spiro atoms. The molecule has 0 amide bonds. The highest BCUT2D eigenvalue weighted by atomic mass is 16.6. The van der Waals surface area contributed by atoms with Crippen LogP contribution in [0.3, 0.4) is 0 Å². The number of rotatable bonds is 4. The van der Waals surface area contributed by atoms with Crippen molar-refractivity contribution in [3.05, 3.63) is 132 Å². The van der Waals surface area contributed by atoms with Gasteiger partial charge in [-0.1, -0.05) is 0 Å². The lowest BCUT2D eigenvalue weighted by atomic mass is 9.72. The first-order chi connectivity index (χ1) is 32.4. The van der Waals surface area contributed by atoms with E-state index in [9.17, 15) is 9.59 Å². The number of fused-ring (bicyclic) bond motifs is 4. The number of piperidine rings is 6. The fourth-order valence-corrected chi connectivity index (χ4v) is 11.8. The van der Waals surface area contributed by atoms with Gasteiger partial charge in [-0.3, -0.25) is 19.8 Å². The van der Waals surface area contributed by atoms with Crippen LogP contribution in [0.1, 0.15) is 82.6 Å². The number of nitrogens with zero attached hydrogens (tertiary/aromatic N) is 4. The second-order valence-electron chi connectivity index (χ2n) is 18.8. The summed E-state index contributed by atoms with van der Waals surface area (Å²) in [6.07, 6.45) is 8.29. The highest BCUT2D eigenvalue weighted by molar-refractivity contribution is 5.91. The highest BCUT2D eigenvalue weighted by Gasteiger charge is 2.47. The lowest BCUT2D eigenvalue weighted by Gasteiger charge is -2.52. The second-order valence-corrected chi connectivity index (χ2v) is 18.8. The van der Waals surface area contributed by atoms with Crippen molar-refractivity contribution in [2.45, 2.75) is 62.8 Å². The largest absolute Gasteiger partial charge is 0.497 e. The first-order valence-corrected chi connectivity index (χ1v) is 23.6. The number of hydrogen-bond acceptors (Lipinski definition) is 12. The number of benzene rings is 4. The van der Waals surface area contributed by atoms with Gasteiger partial charge in [0.1, 0.15) is 35.2 Å². The molecule has 6 fully saturated rings. The zero-order chi connectivity index (χ0) is 44.7. The fourth-order valence-electron chi connectivity index (χ4n) is 11.8. The van der Waals surface area contributed by atoms with E-state index < -0.39 is 12.2 Å². The SMILES string of the molecule is COc1ccc2nccc([C@@H]3OC(=O)c4ccc(cc4)OCC[C@H]4CN5CC[C@H]4C[C@@H]5[C@H](c4ccnc5ccc(OC)cc45)OC(=O)c4ccc(cc4)OCCC4CN5CC[C@H]4C[C@H]35)c2c1. The van der Waals surface area contributed by atoms with Gasteiger partial charge in [-0.2, -0.15) is 0 Å². The first kappa shape index (κ1) is 42.4. The average molecular weight is 889 g/mol. The minimum Gasteiger partial charge on any atom is -0.497 e. The van der Waals surface area contributed by atoms with Gasteiger partial charge in [0.2, 0.25) is 0 Å².